The van der Waals surface area contributed by atoms with Gasteiger partial charge in [-0.2, -0.15) is 4.99 Å². The van der Waals surface area contributed by atoms with E-state index in [4.69, 9.17) is 9.47 Å². The Balaban J connectivity index is 2.06. The van der Waals surface area contributed by atoms with Crippen LogP contribution in [0.25, 0.3) is 10.2 Å². The zero-order valence-electron chi connectivity index (χ0n) is 13.8. The summed E-state index contributed by atoms with van der Waals surface area (Å²) in [7, 11) is 2.89. The minimum Gasteiger partial charge on any atom is -0.497 e. The van der Waals surface area contributed by atoms with Crippen LogP contribution in [0.3, 0.4) is 0 Å². The molecule has 0 spiro atoms. The molecule has 0 saturated carbocycles. The first-order chi connectivity index (χ1) is 12.1. The lowest BCUT2D eigenvalue weighted by Gasteiger charge is -2.03. The molecule has 1 aromatic heterocycles. The number of thiazole rings is 1. The van der Waals surface area contributed by atoms with Crippen molar-refractivity contribution in [2.24, 2.45) is 4.99 Å². The summed E-state index contributed by atoms with van der Waals surface area (Å²) in [6.07, 6.45) is 0. The van der Waals surface area contributed by atoms with E-state index in [-0.39, 0.29) is 12.5 Å². The Labute approximate surface area is 148 Å². The largest absolute Gasteiger partial charge is 0.497 e. The van der Waals surface area contributed by atoms with E-state index < -0.39 is 5.97 Å². The predicted octanol–water partition coefficient (Wildman–Crippen LogP) is 2.63. The molecule has 1 amide bonds. The SMILES string of the molecule is COC(=O)Cn1c(=NC(=O)c2ccc(OC)cc2)sc2ccccc21. The van der Waals surface area contributed by atoms with Gasteiger partial charge in [0.1, 0.15) is 12.3 Å². The Morgan fingerprint density at radius 2 is 1.80 bits per heavy atom. The van der Waals surface area contributed by atoms with Crippen LogP contribution < -0.4 is 9.54 Å². The first-order valence-corrected chi connectivity index (χ1v) is 8.32. The lowest BCUT2D eigenvalue weighted by molar-refractivity contribution is -0.141. The molecule has 6 nitrogen and oxygen atoms in total. The molecular formula is C18H16N2O4S. The van der Waals surface area contributed by atoms with Gasteiger partial charge in [-0.3, -0.25) is 9.59 Å². The highest BCUT2D eigenvalue weighted by molar-refractivity contribution is 7.16. The Bertz CT molecular complexity index is 986. The lowest BCUT2D eigenvalue weighted by Crippen LogP contribution is -2.22. The van der Waals surface area contributed by atoms with Crippen LogP contribution in [0.4, 0.5) is 0 Å². The summed E-state index contributed by atoms with van der Waals surface area (Å²) in [6.45, 7) is -0.00472. The summed E-state index contributed by atoms with van der Waals surface area (Å²) in [5.41, 5.74) is 1.28. The number of fused-ring (bicyclic) bond motifs is 1. The second kappa shape index (κ2) is 7.31. The number of hydrogen-bond donors (Lipinski definition) is 0. The highest BCUT2D eigenvalue weighted by Crippen LogP contribution is 2.17. The molecule has 0 aliphatic rings. The number of rotatable bonds is 4. The fraction of sp³-hybridized carbons (Fsp3) is 0.167. The average molecular weight is 356 g/mol. The first-order valence-electron chi connectivity index (χ1n) is 7.50. The van der Waals surface area contributed by atoms with Crippen molar-refractivity contribution in [2.75, 3.05) is 14.2 Å². The molecule has 7 heteroatoms. The number of hydrogen-bond acceptors (Lipinski definition) is 5. The Morgan fingerprint density at radius 1 is 1.08 bits per heavy atom. The minimum atomic E-state index is -0.401. The summed E-state index contributed by atoms with van der Waals surface area (Å²) in [4.78, 5) is 28.8. The monoisotopic (exact) mass is 356 g/mol. The second-order valence-corrected chi connectivity index (χ2v) is 6.17. The van der Waals surface area contributed by atoms with Crippen LogP contribution in [-0.2, 0) is 16.1 Å². The van der Waals surface area contributed by atoms with E-state index >= 15 is 0 Å². The molecule has 0 saturated heterocycles. The molecular weight excluding hydrogens is 340 g/mol. The number of ether oxygens (including phenoxy) is 2. The summed E-state index contributed by atoms with van der Waals surface area (Å²) in [5.74, 6) is -0.117. The third kappa shape index (κ3) is 3.61. The van der Waals surface area contributed by atoms with Gasteiger partial charge < -0.3 is 14.0 Å². The van der Waals surface area contributed by atoms with Gasteiger partial charge in [-0.05, 0) is 36.4 Å². The van der Waals surface area contributed by atoms with Crippen LogP contribution in [0.15, 0.2) is 53.5 Å². The first kappa shape index (κ1) is 16.9. The Kier molecular flexibility index (Phi) is 4.95. The molecule has 2 aromatic carbocycles. The van der Waals surface area contributed by atoms with E-state index in [1.54, 1.807) is 35.9 Å². The quantitative estimate of drug-likeness (QED) is 0.674. The van der Waals surface area contributed by atoms with Crippen LogP contribution in [0.1, 0.15) is 10.4 Å². The van der Waals surface area contributed by atoms with Crippen molar-refractivity contribution in [3.8, 4) is 5.75 Å². The molecule has 0 N–H and O–H groups in total. The van der Waals surface area contributed by atoms with Gasteiger partial charge in [0.2, 0.25) is 0 Å². The topological polar surface area (TPSA) is 69.9 Å². The normalized spacial score (nSPS) is 11.5. The molecule has 3 aromatic rings. The molecule has 0 radical (unpaired) electrons. The van der Waals surface area contributed by atoms with Gasteiger partial charge in [0, 0.05) is 5.56 Å². The smallest absolute Gasteiger partial charge is 0.325 e. The maximum absolute atomic E-state index is 12.5. The number of amides is 1. The number of esters is 1. The third-order valence-corrected chi connectivity index (χ3v) is 4.70. The minimum absolute atomic E-state index is 0.00472. The standard InChI is InChI=1S/C18H16N2O4S/c1-23-13-9-7-12(8-10-13)17(22)19-18-20(11-16(21)24-2)14-5-3-4-6-15(14)25-18/h3-10H,11H2,1-2H3. The summed E-state index contributed by atoms with van der Waals surface area (Å²) >= 11 is 1.35. The Hall–Kier alpha value is -2.93. The van der Waals surface area contributed by atoms with Crippen molar-refractivity contribution in [3.63, 3.8) is 0 Å². The number of carbonyl (C=O) groups is 2. The van der Waals surface area contributed by atoms with E-state index in [0.717, 1.165) is 10.2 Å². The number of methoxy groups -OCH3 is 2. The van der Waals surface area contributed by atoms with Crippen LogP contribution >= 0.6 is 11.3 Å². The number of nitrogens with zero attached hydrogens (tertiary/aromatic N) is 2. The van der Waals surface area contributed by atoms with Gasteiger partial charge >= 0.3 is 5.97 Å². The number of aromatic nitrogens is 1. The molecule has 0 aliphatic heterocycles. The molecule has 0 aliphatic carbocycles. The van der Waals surface area contributed by atoms with Crippen molar-refractivity contribution < 1.29 is 19.1 Å². The van der Waals surface area contributed by atoms with Crippen molar-refractivity contribution in [2.45, 2.75) is 6.54 Å². The highest BCUT2D eigenvalue weighted by atomic mass is 32.1. The molecule has 0 fully saturated rings. The van der Waals surface area contributed by atoms with E-state index in [1.165, 1.54) is 18.4 Å². The molecule has 0 bridgehead atoms. The summed E-state index contributed by atoms with van der Waals surface area (Å²) in [6, 6.07) is 14.3. The predicted molar refractivity (Wildman–Crippen MR) is 94.7 cm³/mol. The maximum Gasteiger partial charge on any atom is 0.325 e. The van der Waals surface area contributed by atoms with E-state index in [0.29, 0.717) is 16.1 Å². The number of benzene rings is 2. The molecule has 1 heterocycles. The van der Waals surface area contributed by atoms with Gasteiger partial charge in [-0.1, -0.05) is 23.5 Å². The average Bonchev–Trinajstić information content (AvgIpc) is 2.98. The number of para-hydroxylation sites is 1. The summed E-state index contributed by atoms with van der Waals surface area (Å²) in [5, 5.41) is 0. The van der Waals surface area contributed by atoms with Gasteiger partial charge in [-0.15, -0.1) is 0 Å². The second-order valence-electron chi connectivity index (χ2n) is 5.16. The fourth-order valence-corrected chi connectivity index (χ4v) is 3.37. The lowest BCUT2D eigenvalue weighted by atomic mass is 10.2. The number of carbonyl (C=O) groups excluding carboxylic acids is 2. The molecule has 128 valence electrons. The third-order valence-electron chi connectivity index (χ3n) is 3.64. The van der Waals surface area contributed by atoms with Crippen molar-refractivity contribution in [1.29, 1.82) is 0 Å². The van der Waals surface area contributed by atoms with Crippen LogP contribution in [0, 0.1) is 0 Å². The Morgan fingerprint density at radius 3 is 2.48 bits per heavy atom. The molecule has 3 rings (SSSR count). The molecule has 25 heavy (non-hydrogen) atoms. The van der Waals surface area contributed by atoms with Gasteiger partial charge in [0.25, 0.3) is 5.91 Å². The van der Waals surface area contributed by atoms with Gasteiger partial charge in [-0.25, -0.2) is 0 Å². The van der Waals surface area contributed by atoms with Crippen molar-refractivity contribution in [1.82, 2.24) is 4.57 Å². The van der Waals surface area contributed by atoms with Crippen LogP contribution in [0.5, 0.6) is 5.75 Å². The fourth-order valence-electron chi connectivity index (χ4n) is 2.34. The van der Waals surface area contributed by atoms with E-state index in [1.807, 2.05) is 24.3 Å². The van der Waals surface area contributed by atoms with Crippen LogP contribution in [-0.4, -0.2) is 30.7 Å². The van der Waals surface area contributed by atoms with Gasteiger partial charge in [0.05, 0.1) is 24.4 Å². The molecule has 0 unspecified atom stereocenters. The molecule has 0 atom stereocenters. The summed E-state index contributed by atoms with van der Waals surface area (Å²) < 4.78 is 12.5. The van der Waals surface area contributed by atoms with Crippen molar-refractivity contribution >= 4 is 33.4 Å². The van der Waals surface area contributed by atoms with Crippen molar-refractivity contribution in [3.05, 3.63) is 58.9 Å². The van der Waals surface area contributed by atoms with Gasteiger partial charge in [0.15, 0.2) is 4.80 Å². The maximum atomic E-state index is 12.5. The van der Waals surface area contributed by atoms with E-state index in [9.17, 15) is 9.59 Å². The zero-order valence-corrected chi connectivity index (χ0v) is 14.6. The van der Waals surface area contributed by atoms with Crippen LogP contribution in [0.2, 0.25) is 0 Å². The zero-order chi connectivity index (χ0) is 17.8. The highest BCUT2D eigenvalue weighted by Gasteiger charge is 2.12. The van der Waals surface area contributed by atoms with E-state index in [2.05, 4.69) is 4.99 Å².